The summed E-state index contributed by atoms with van der Waals surface area (Å²) in [7, 11) is 0. The smallest absolute Gasteiger partial charge is 0.339 e. The molecule has 0 aliphatic heterocycles. The minimum atomic E-state index is -1.12. The second-order valence-electron chi connectivity index (χ2n) is 4.84. The first-order valence-corrected chi connectivity index (χ1v) is 7.09. The summed E-state index contributed by atoms with van der Waals surface area (Å²) in [6.07, 6.45) is 4.14. The minimum Gasteiger partial charge on any atom is -0.478 e. The van der Waals surface area contributed by atoms with Gasteiger partial charge in [0.1, 0.15) is 0 Å². The second kappa shape index (κ2) is 8.35. The Morgan fingerprint density at radius 2 is 1.80 bits per heavy atom. The van der Waals surface area contributed by atoms with E-state index in [0.717, 1.165) is 25.7 Å². The van der Waals surface area contributed by atoms with E-state index in [2.05, 4.69) is 13.8 Å². The van der Waals surface area contributed by atoms with Gasteiger partial charge in [0.2, 0.25) is 0 Å². The third kappa shape index (κ3) is 4.68. The van der Waals surface area contributed by atoms with Gasteiger partial charge < -0.3 is 9.84 Å². The lowest BCUT2D eigenvalue weighted by Gasteiger charge is -2.13. The molecule has 1 atom stereocenters. The van der Waals surface area contributed by atoms with Crippen molar-refractivity contribution in [3.8, 4) is 0 Å². The number of hydrogen-bond acceptors (Lipinski definition) is 3. The maximum absolute atomic E-state index is 11.9. The largest absolute Gasteiger partial charge is 0.478 e. The van der Waals surface area contributed by atoms with E-state index >= 15 is 0 Å². The Bertz CT molecular complexity index is 454. The maximum atomic E-state index is 11.9. The van der Waals surface area contributed by atoms with Crippen molar-refractivity contribution in [3.05, 3.63) is 35.4 Å². The minimum absolute atomic E-state index is 0.0156. The average Bonchev–Trinajstić information content (AvgIpc) is 2.46. The van der Waals surface area contributed by atoms with Crippen molar-refractivity contribution in [2.24, 2.45) is 5.92 Å². The first-order chi connectivity index (χ1) is 9.60. The highest BCUT2D eigenvalue weighted by atomic mass is 16.5. The Balaban J connectivity index is 2.57. The first kappa shape index (κ1) is 16.2. The zero-order valence-electron chi connectivity index (χ0n) is 12.1. The summed E-state index contributed by atoms with van der Waals surface area (Å²) in [6, 6.07) is 6.11. The maximum Gasteiger partial charge on any atom is 0.339 e. The van der Waals surface area contributed by atoms with Gasteiger partial charge in [-0.2, -0.15) is 0 Å². The van der Waals surface area contributed by atoms with Gasteiger partial charge in [0.25, 0.3) is 0 Å². The summed E-state index contributed by atoms with van der Waals surface area (Å²) in [5, 5.41) is 9.03. The van der Waals surface area contributed by atoms with E-state index in [9.17, 15) is 9.59 Å². The van der Waals surface area contributed by atoms with Crippen molar-refractivity contribution in [3.63, 3.8) is 0 Å². The Morgan fingerprint density at radius 3 is 2.35 bits per heavy atom. The lowest BCUT2D eigenvalue weighted by molar-refractivity contribution is 0.0470. The lowest BCUT2D eigenvalue weighted by atomic mass is 9.98. The third-order valence-corrected chi connectivity index (χ3v) is 3.41. The van der Waals surface area contributed by atoms with Crippen LogP contribution in [-0.2, 0) is 4.74 Å². The molecule has 0 spiro atoms. The van der Waals surface area contributed by atoms with E-state index in [0.29, 0.717) is 12.5 Å². The Morgan fingerprint density at radius 1 is 1.15 bits per heavy atom. The fraction of sp³-hybridized carbons (Fsp3) is 0.500. The van der Waals surface area contributed by atoms with Crippen LogP contribution in [0.15, 0.2) is 24.3 Å². The molecular weight excluding hydrogens is 256 g/mol. The van der Waals surface area contributed by atoms with Crippen LogP contribution in [0.5, 0.6) is 0 Å². The van der Waals surface area contributed by atoms with Crippen LogP contribution in [0.2, 0.25) is 0 Å². The Hall–Kier alpha value is -1.84. The monoisotopic (exact) mass is 278 g/mol. The molecule has 1 N–H and O–H groups in total. The average molecular weight is 278 g/mol. The number of carboxylic acid groups (broad SMARTS) is 1. The molecule has 1 aromatic rings. The van der Waals surface area contributed by atoms with Crippen LogP contribution in [0.3, 0.4) is 0 Å². The molecule has 0 amide bonds. The highest BCUT2D eigenvalue weighted by Gasteiger charge is 2.17. The van der Waals surface area contributed by atoms with Crippen molar-refractivity contribution in [2.75, 3.05) is 6.61 Å². The van der Waals surface area contributed by atoms with Gasteiger partial charge in [0.05, 0.1) is 17.7 Å². The van der Waals surface area contributed by atoms with Gasteiger partial charge in [-0.05, 0) is 24.5 Å². The van der Waals surface area contributed by atoms with E-state index in [1.807, 2.05) is 0 Å². The van der Waals surface area contributed by atoms with Crippen molar-refractivity contribution < 1.29 is 19.4 Å². The standard InChI is InChI=1S/C16H22O4/c1-3-7-12(4-2)10-11-20-16(19)14-9-6-5-8-13(14)15(17)18/h5-6,8-9,12H,3-4,7,10-11H2,1-2H3,(H,17,18). The molecule has 1 unspecified atom stereocenters. The predicted octanol–water partition coefficient (Wildman–Crippen LogP) is 3.76. The number of carbonyl (C=O) groups is 2. The SMILES string of the molecule is CCCC(CC)CCOC(=O)c1ccccc1C(=O)O. The topological polar surface area (TPSA) is 63.6 Å². The predicted molar refractivity (Wildman–Crippen MR) is 77.0 cm³/mol. The molecule has 0 heterocycles. The Kier molecular flexibility index (Phi) is 6.77. The number of carbonyl (C=O) groups excluding carboxylic acids is 1. The molecule has 0 saturated heterocycles. The van der Waals surface area contributed by atoms with Gasteiger partial charge in [-0.15, -0.1) is 0 Å². The zero-order chi connectivity index (χ0) is 15.0. The van der Waals surface area contributed by atoms with Gasteiger partial charge in [-0.3, -0.25) is 0 Å². The lowest BCUT2D eigenvalue weighted by Crippen LogP contribution is -2.13. The van der Waals surface area contributed by atoms with Crippen molar-refractivity contribution in [1.82, 2.24) is 0 Å². The van der Waals surface area contributed by atoms with E-state index < -0.39 is 11.9 Å². The molecule has 0 fully saturated rings. The number of hydrogen-bond donors (Lipinski definition) is 1. The summed E-state index contributed by atoms with van der Waals surface area (Å²) in [6.45, 7) is 4.60. The van der Waals surface area contributed by atoms with Crippen LogP contribution >= 0.6 is 0 Å². The normalized spacial score (nSPS) is 11.9. The summed E-state index contributed by atoms with van der Waals surface area (Å²) >= 11 is 0. The van der Waals surface area contributed by atoms with Crippen molar-refractivity contribution >= 4 is 11.9 Å². The molecule has 0 aromatic heterocycles. The van der Waals surface area contributed by atoms with Crippen LogP contribution in [-0.4, -0.2) is 23.7 Å². The first-order valence-electron chi connectivity index (χ1n) is 7.09. The Labute approximate surface area is 119 Å². The second-order valence-corrected chi connectivity index (χ2v) is 4.84. The number of rotatable bonds is 8. The molecule has 0 radical (unpaired) electrons. The zero-order valence-corrected chi connectivity index (χ0v) is 12.1. The molecule has 20 heavy (non-hydrogen) atoms. The summed E-state index contributed by atoms with van der Waals surface area (Å²) in [4.78, 5) is 22.9. The molecule has 0 bridgehead atoms. The molecule has 4 nitrogen and oxygen atoms in total. The highest BCUT2D eigenvalue weighted by molar-refractivity contribution is 6.02. The van der Waals surface area contributed by atoms with Crippen LogP contribution in [0.4, 0.5) is 0 Å². The molecule has 110 valence electrons. The van der Waals surface area contributed by atoms with Crippen LogP contribution < -0.4 is 0 Å². The van der Waals surface area contributed by atoms with Crippen molar-refractivity contribution in [2.45, 2.75) is 39.5 Å². The van der Waals surface area contributed by atoms with E-state index in [1.165, 1.54) is 12.1 Å². The third-order valence-electron chi connectivity index (χ3n) is 3.41. The van der Waals surface area contributed by atoms with E-state index in [-0.39, 0.29) is 11.1 Å². The number of benzene rings is 1. The number of carboxylic acids is 1. The fourth-order valence-corrected chi connectivity index (χ4v) is 2.20. The number of esters is 1. The van der Waals surface area contributed by atoms with Gasteiger partial charge in [0.15, 0.2) is 0 Å². The number of aromatic carboxylic acids is 1. The van der Waals surface area contributed by atoms with E-state index in [1.54, 1.807) is 12.1 Å². The molecule has 1 aromatic carbocycles. The molecule has 4 heteroatoms. The summed E-state index contributed by atoms with van der Waals surface area (Å²) in [5.41, 5.74) is 0.0987. The van der Waals surface area contributed by atoms with Gasteiger partial charge >= 0.3 is 11.9 Å². The molecular formula is C16H22O4. The van der Waals surface area contributed by atoms with E-state index in [4.69, 9.17) is 9.84 Å². The molecule has 0 saturated carbocycles. The molecule has 0 aliphatic carbocycles. The van der Waals surface area contributed by atoms with Crippen molar-refractivity contribution in [1.29, 1.82) is 0 Å². The van der Waals surface area contributed by atoms with Gasteiger partial charge in [0, 0.05) is 0 Å². The number of ether oxygens (including phenoxy) is 1. The summed E-state index contributed by atoms with van der Waals surface area (Å²) < 4.78 is 5.20. The van der Waals surface area contributed by atoms with Crippen LogP contribution in [0.1, 0.15) is 60.2 Å². The summed E-state index contributed by atoms with van der Waals surface area (Å²) in [5.74, 6) is -1.12. The molecule has 1 rings (SSSR count). The van der Waals surface area contributed by atoms with Gasteiger partial charge in [-0.1, -0.05) is 45.2 Å². The molecule has 0 aliphatic rings. The highest BCUT2D eigenvalue weighted by Crippen LogP contribution is 2.16. The van der Waals surface area contributed by atoms with Crippen LogP contribution in [0, 0.1) is 5.92 Å². The van der Waals surface area contributed by atoms with Crippen LogP contribution in [0.25, 0.3) is 0 Å². The van der Waals surface area contributed by atoms with Gasteiger partial charge in [-0.25, -0.2) is 9.59 Å². The quantitative estimate of drug-likeness (QED) is 0.735. The fourth-order valence-electron chi connectivity index (χ4n) is 2.20.